The molecule has 30 heavy (non-hydrogen) atoms. The Morgan fingerprint density at radius 2 is 1.80 bits per heavy atom. The van der Waals surface area contributed by atoms with Crippen molar-refractivity contribution in [2.75, 3.05) is 26.4 Å². The Labute approximate surface area is 191 Å². The fourth-order valence-electron chi connectivity index (χ4n) is 2.53. The quantitative estimate of drug-likeness (QED) is 0.178. The molecule has 1 rings (SSSR count). The topological polar surface area (TPSA) is 49.3 Å². The molecule has 1 aromatic rings. The molecule has 0 amide bonds. The molecule has 0 bridgehead atoms. The first-order chi connectivity index (χ1) is 14.2. The van der Waals surface area contributed by atoms with Crippen molar-refractivity contribution in [3.63, 3.8) is 0 Å². The fourth-order valence-corrected chi connectivity index (χ4v) is 2.66. The standard InChI is InChI=1S/C23H35Cl2NO4/c1-6-19-17-20(28-15-10-21(24)25)16-18(2)22(19)29-14-8-7-12-27-13-9-11-26-30-23(3,4)5/h10-11,16-17H,6-9,12-15H2,1-5H3. The summed E-state index contributed by atoms with van der Waals surface area (Å²) in [5.74, 6) is 1.72. The van der Waals surface area contributed by atoms with Gasteiger partial charge in [-0.3, -0.25) is 0 Å². The highest BCUT2D eigenvalue weighted by atomic mass is 35.5. The smallest absolute Gasteiger partial charge is 0.129 e. The van der Waals surface area contributed by atoms with Crippen molar-refractivity contribution in [2.45, 2.75) is 65.9 Å². The fraction of sp³-hybridized carbons (Fsp3) is 0.609. The maximum atomic E-state index is 6.05. The summed E-state index contributed by atoms with van der Waals surface area (Å²) in [6.45, 7) is 12.4. The minimum atomic E-state index is -0.253. The molecule has 7 heteroatoms. The zero-order valence-electron chi connectivity index (χ0n) is 18.8. The monoisotopic (exact) mass is 459 g/mol. The van der Waals surface area contributed by atoms with Crippen LogP contribution in [0, 0.1) is 6.92 Å². The first kappa shape index (κ1) is 26.6. The summed E-state index contributed by atoms with van der Waals surface area (Å²) in [4.78, 5) is 5.27. The summed E-state index contributed by atoms with van der Waals surface area (Å²) in [6.07, 6.45) is 6.85. The highest BCUT2D eigenvalue weighted by molar-refractivity contribution is 6.55. The van der Waals surface area contributed by atoms with E-state index in [-0.39, 0.29) is 10.1 Å². The van der Waals surface area contributed by atoms with Crippen LogP contribution in [0.4, 0.5) is 0 Å². The number of nitrogens with zero attached hydrogens (tertiary/aromatic N) is 1. The lowest BCUT2D eigenvalue weighted by molar-refractivity contribution is 0.00128. The van der Waals surface area contributed by atoms with Gasteiger partial charge in [0.25, 0.3) is 0 Å². The number of rotatable bonds is 14. The molecule has 0 N–H and O–H groups in total. The van der Waals surface area contributed by atoms with E-state index >= 15 is 0 Å². The van der Waals surface area contributed by atoms with Crippen molar-refractivity contribution >= 4 is 29.4 Å². The summed E-state index contributed by atoms with van der Waals surface area (Å²) in [6, 6.07) is 3.98. The molecule has 0 aromatic heterocycles. The highest BCUT2D eigenvalue weighted by Crippen LogP contribution is 2.30. The van der Waals surface area contributed by atoms with Gasteiger partial charge in [-0.05, 0) is 76.3 Å². The van der Waals surface area contributed by atoms with Gasteiger partial charge in [0.15, 0.2) is 0 Å². The normalized spacial score (nSPS) is 11.6. The van der Waals surface area contributed by atoms with Crippen LogP contribution in [-0.4, -0.2) is 38.2 Å². The van der Waals surface area contributed by atoms with Gasteiger partial charge in [-0.1, -0.05) is 35.3 Å². The van der Waals surface area contributed by atoms with E-state index in [1.165, 1.54) is 0 Å². The van der Waals surface area contributed by atoms with Crippen LogP contribution < -0.4 is 9.47 Å². The average Bonchev–Trinajstić information content (AvgIpc) is 2.65. The van der Waals surface area contributed by atoms with Crippen molar-refractivity contribution in [3.8, 4) is 11.5 Å². The first-order valence-corrected chi connectivity index (χ1v) is 11.2. The largest absolute Gasteiger partial charge is 0.493 e. The van der Waals surface area contributed by atoms with E-state index < -0.39 is 0 Å². The highest BCUT2D eigenvalue weighted by Gasteiger charge is 2.10. The van der Waals surface area contributed by atoms with E-state index in [0.29, 0.717) is 26.4 Å². The predicted octanol–water partition coefficient (Wildman–Crippen LogP) is 6.62. The van der Waals surface area contributed by atoms with Crippen LogP contribution in [0.3, 0.4) is 0 Å². The van der Waals surface area contributed by atoms with Gasteiger partial charge in [0, 0.05) is 19.2 Å². The van der Waals surface area contributed by atoms with Gasteiger partial charge < -0.3 is 19.0 Å². The summed E-state index contributed by atoms with van der Waals surface area (Å²) in [5, 5.41) is 3.93. The van der Waals surface area contributed by atoms with Crippen LogP contribution in [0.2, 0.25) is 0 Å². The van der Waals surface area contributed by atoms with Crippen LogP contribution >= 0.6 is 23.2 Å². The molecule has 0 saturated heterocycles. The lowest BCUT2D eigenvalue weighted by Crippen LogP contribution is -2.15. The number of aryl methyl sites for hydroxylation is 2. The number of unbranched alkanes of at least 4 members (excludes halogenated alkanes) is 1. The van der Waals surface area contributed by atoms with E-state index in [1.807, 2.05) is 39.8 Å². The molecule has 0 heterocycles. The molecule has 0 aliphatic heterocycles. The van der Waals surface area contributed by atoms with E-state index in [9.17, 15) is 0 Å². The second kappa shape index (κ2) is 14.6. The third-order valence-electron chi connectivity index (χ3n) is 3.92. The molecule has 0 spiro atoms. The van der Waals surface area contributed by atoms with E-state index in [1.54, 1.807) is 12.3 Å². The number of oxime groups is 1. The van der Waals surface area contributed by atoms with Gasteiger partial charge in [0.2, 0.25) is 0 Å². The number of hydrogen-bond donors (Lipinski definition) is 0. The molecular formula is C23H35Cl2NO4. The van der Waals surface area contributed by atoms with Crippen molar-refractivity contribution in [3.05, 3.63) is 33.8 Å². The maximum Gasteiger partial charge on any atom is 0.129 e. The summed E-state index contributed by atoms with van der Waals surface area (Å²) in [7, 11) is 0. The van der Waals surface area contributed by atoms with Crippen LogP contribution in [0.5, 0.6) is 11.5 Å². The third-order valence-corrected chi connectivity index (χ3v) is 4.22. The molecule has 0 aliphatic carbocycles. The summed E-state index contributed by atoms with van der Waals surface area (Å²) < 4.78 is 17.5. The molecule has 0 aliphatic rings. The van der Waals surface area contributed by atoms with E-state index in [0.717, 1.165) is 48.3 Å². The minimum absolute atomic E-state index is 0.203. The molecule has 0 fully saturated rings. The molecule has 0 radical (unpaired) electrons. The second-order valence-corrected chi connectivity index (χ2v) is 8.84. The van der Waals surface area contributed by atoms with Gasteiger partial charge in [-0.25, -0.2) is 0 Å². The van der Waals surface area contributed by atoms with Crippen LogP contribution in [-0.2, 0) is 16.0 Å². The lowest BCUT2D eigenvalue weighted by atomic mass is 10.1. The predicted molar refractivity (Wildman–Crippen MR) is 125 cm³/mol. The van der Waals surface area contributed by atoms with Gasteiger partial charge in [0.1, 0.15) is 28.2 Å². The lowest BCUT2D eigenvalue weighted by Gasteiger charge is -2.16. The molecule has 1 aromatic carbocycles. The number of benzene rings is 1. The second-order valence-electron chi connectivity index (χ2n) is 7.84. The Kier molecular flexibility index (Phi) is 12.9. The molecule has 170 valence electrons. The third kappa shape index (κ3) is 12.3. The van der Waals surface area contributed by atoms with Crippen molar-refractivity contribution in [2.24, 2.45) is 5.16 Å². The van der Waals surface area contributed by atoms with Crippen LogP contribution in [0.25, 0.3) is 0 Å². The number of halogens is 2. The Morgan fingerprint density at radius 1 is 1.07 bits per heavy atom. The van der Waals surface area contributed by atoms with Gasteiger partial charge in [-0.2, -0.15) is 0 Å². The van der Waals surface area contributed by atoms with E-state index in [2.05, 4.69) is 12.1 Å². The Morgan fingerprint density at radius 3 is 2.47 bits per heavy atom. The average molecular weight is 460 g/mol. The van der Waals surface area contributed by atoms with Gasteiger partial charge >= 0.3 is 0 Å². The summed E-state index contributed by atoms with van der Waals surface area (Å²) >= 11 is 11.2. The molecular weight excluding hydrogens is 425 g/mol. The number of ether oxygens (including phenoxy) is 3. The Balaban J connectivity index is 2.28. The Hall–Kier alpha value is -1.43. The zero-order valence-corrected chi connectivity index (χ0v) is 20.3. The molecule has 0 saturated carbocycles. The van der Waals surface area contributed by atoms with Crippen LogP contribution in [0.15, 0.2) is 27.9 Å². The van der Waals surface area contributed by atoms with Crippen molar-refractivity contribution < 1.29 is 19.0 Å². The van der Waals surface area contributed by atoms with Gasteiger partial charge in [-0.15, -0.1) is 0 Å². The van der Waals surface area contributed by atoms with Crippen molar-refractivity contribution in [1.82, 2.24) is 0 Å². The zero-order chi connectivity index (χ0) is 22.4. The maximum absolute atomic E-state index is 6.05. The van der Waals surface area contributed by atoms with Crippen molar-refractivity contribution in [1.29, 1.82) is 0 Å². The minimum Gasteiger partial charge on any atom is -0.493 e. The van der Waals surface area contributed by atoms with Gasteiger partial charge in [0.05, 0.1) is 13.2 Å². The number of hydrogen-bond acceptors (Lipinski definition) is 5. The van der Waals surface area contributed by atoms with E-state index in [4.69, 9.17) is 42.3 Å². The SMILES string of the molecule is CCc1cc(OCC=C(Cl)Cl)cc(C)c1OCCCCOCCC=NOC(C)(C)C. The first-order valence-electron chi connectivity index (χ1n) is 10.4. The molecule has 0 unspecified atom stereocenters. The van der Waals surface area contributed by atoms with Crippen LogP contribution in [0.1, 0.15) is 58.1 Å². The Bertz CT molecular complexity index is 681. The summed E-state index contributed by atoms with van der Waals surface area (Å²) in [5.41, 5.74) is 1.92. The molecule has 0 atom stereocenters. The molecule has 5 nitrogen and oxygen atoms in total.